The Balaban J connectivity index is 1.41. The molecule has 6 rings (SSSR count). The van der Waals surface area contributed by atoms with Crippen LogP contribution in [0.25, 0.3) is 39.1 Å². The average molecular weight is 438 g/mol. The van der Waals surface area contributed by atoms with Crippen molar-refractivity contribution in [3.63, 3.8) is 0 Å². The van der Waals surface area contributed by atoms with Crippen molar-refractivity contribution < 1.29 is 9.90 Å². The van der Waals surface area contributed by atoms with Crippen molar-refractivity contribution in [3.05, 3.63) is 72.8 Å². The van der Waals surface area contributed by atoms with Crippen LogP contribution in [0.3, 0.4) is 0 Å². The molecule has 0 amide bonds. The monoisotopic (exact) mass is 437 g/mol. The number of benzene rings is 1. The van der Waals surface area contributed by atoms with Crippen LogP contribution >= 0.6 is 0 Å². The Hall–Kier alpha value is -4.00. The topological polar surface area (TPSA) is 96.2 Å². The second kappa shape index (κ2) is 7.85. The van der Waals surface area contributed by atoms with Crippen LogP contribution in [0.4, 0.5) is 0 Å². The summed E-state index contributed by atoms with van der Waals surface area (Å²) in [5.41, 5.74) is 6.62. The first-order valence-corrected chi connectivity index (χ1v) is 11.3. The van der Waals surface area contributed by atoms with Crippen molar-refractivity contribution >= 4 is 22.6 Å². The molecule has 0 radical (unpaired) electrons. The van der Waals surface area contributed by atoms with E-state index < -0.39 is 5.97 Å². The van der Waals surface area contributed by atoms with Gasteiger partial charge in [-0.2, -0.15) is 9.61 Å². The Bertz CT molecular complexity index is 1450. The molecule has 0 atom stereocenters. The first kappa shape index (κ1) is 19.7. The Kier molecular flexibility index (Phi) is 4.68. The molecule has 1 aliphatic rings. The van der Waals surface area contributed by atoms with E-state index in [0.29, 0.717) is 12.8 Å². The second-order valence-electron chi connectivity index (χ2n) is 8.72. The van der Waals surface area contributed by atoms with Crippen LogP contribution in [0.15, 0.2) is 67.1 Å². The summed E-state index contributed by atoms with van der Waals surface area (Å²) in [5, 5.41) is 15.0. The number of carboxylic acids is 1. The molecule has 4 heterocycles. The highest BCUT2D eigenvalue weighted by molar-refractivity contribution is 5.86. The van der Waals surface area contributed by atoms with Gasteiger partial charge in [-0.15, -0.1) is 0 Å². The number of nitrogens with zero attached hydrogens (tertiary/aromatic N) is 4. The second-order valence-corrected chi connectivity index (χ2v) is 8.72. The SMILES string of the molecule is O=C(O)[C@H]1CC[C@H](c2nc3c(-c4ccc(-c5ccccc5)nc4)cnn3c3[nH]ccc32)CC1. The summed E-state index contributed by atoms with van der Waals surface area (Å²) >= 11 is 0. The van der Waals surface area contributed by atoms with E-state index in [4.69, 9.17) is 4.98 Å². The normalized spacial score (nSPS) is 18.7. The molecule has 7 nitrogen and oxygen atoms in total. The number of rotatable bonds is 4. The van der Waals surface area contributed by atoms with Gasteiger partial charge in [0.1, 0.15) is 5.65 Å². The number of nitrogens with one attached hydrogen (secondary N) is 1. The van der Waals surface area contributed by atoms with Crippen LogP contribution in [0.1, 0.15) is 37.3 Å². The summed E-state index contributed by atoms with van der Waals surface area (Å²) in [6.07, 6.45) is 8.67. The minimum atomic E-state index is -0.687. The Morgan fingerprint density at radius 1 is 0.970 bits per heavy atom. The fourth-order valence-electron chi connectivity index (χ4n) is 4.99. The molecule has 4 aromatic heterocycles. The molecule has 1 fully saturated rings. The highest BCUT2D eigenvalue weighted by Gasteiger charge is 2.29. The molecule has 164 valence electrons. The molecule has 1 saturated carbocycles. The number of pyridine rings is 1. The third kappa shape index (κ3) is 3.36. The zero-order valence-corrected chi connectivity index (χ0v) is 18.0. The van der Waals surface area contributed by atoms with E-state index in [1.165, 1.54) is 0 Å². The number of hydrogen-bond acceptors (Lipinski definition) is 4. The standard InChI is InChI=1S/C26H23N5O2/c32-26(33)18-8-6-17(7-9-18)23-20-12-13-27-24(20)31-25(30-23)21(15-29-31)19-10-11-22(28-14-19)16-4-2-1-3-5-16/h1-5,10-15,17-18,27H,6-9H2,(H,32,33)/t17-,18-. The van der Waals surface area contributed by atoms with Gasteiger partial charge < -0.3 is 10.1 Å². The maximum Gasteiger partial charge on any atom is 0.306 e. The maximum absolute atomic E-state index is 11.4. The van der Waals surface area contributed by atoms with E-state index in [2.05, 4.69) is 21.1 Å². The lowest BCUT2D eigenvalue weighted by Crippen LogP contribution is -2.21. The molecule has 0 spiro atoms. The van der Waals surface area contributed by atoms with Gasteiger partial charge in [-0.05, 0) is 37.8 Å². The van der Waals surface area contributed by atoms with Crippen LogP contribution in [-0.2, 0) is 4.79 Å². The average Bonchev–Trinajstić information content (AvgIpc) is 3.51. The van der Waals surface area contributed by atoms with Crippen molar-refractivity contribution in [3.8, 4) is 22.4 Å². The van der Waals surface area contributed by atoms with Gasteiger partial charge >= 0.3 is 5.97 Å². The van der Waals surface area contributed by atoms with E-state index in [1.807, 2.05) is 65.6 Å². The van der Waals surface area contributed by atoms with E-state index in [1.54, 1.807) is 0 Å². The van der Waals surface area contributed by atoms with Gasteiger partial charge in [0.15, 0.2) is 5.65 Å². The number of hydrogen-bond donors (Lipinski definition) is 2. The molecule has 1 aromatic carbocycles. The number of H-pyrrole nitrogens is 1. The summed E-state index contributed by atoms with van der Waals surface area (Å²) in [7, 11) is 0. The lowest BCUT2D eigenvalue weighted by atomic mass is 9.80. The third-order valence-electron chi connectivity index (χ3n) is 6.79. The molecular weight excluding hydrogens is 414 g/mol. The van der Waals surface area contributed by atoms with Crippen LogP contribution in [0, 0.1) is 5.92 Å². The summed E-state index contributed by atoms with van der Waals surface area (Å²) in [6, 6.07) is 16.2. The Morgan fingerprint density at radius 3 is 2.52 bits per heavy atom. The minimum Gasteiger partial charge on any atom is -0.481 e. The van der Waals surface area contributed by atoms with Gasteiger partial charge in [-0.1, -0.05) is 36.4 Å². The number of fused-ring (bicyclic) bond motifs is 3. The quantitative estimate of drug-likeness (QED) is 0.398. The molecule has 1 aliphatic carbocycles. The van der Waals surface area contributed by atoms with Gasteiger partial charge in [0.25, 0.3) is 0 Å². The smallest absolute Gasteiger partial charge is 0.306 e. The largest absolute Gasteiger partial charge is 0.481 e. The van der Waals surface area contributed by atoms with Crippen molar-refractivity contribution in [1.29, 1.82) is 0 Å². The van der Waals surface area contributed by atoms with Crippen molar-refractivity contribution in [1.82, 2.24) is 24.6 Å². The summed E-state index contributed by atoms with van der Waals surface area (Å²) in [4.78, 5) is 24.5. The van der Waals surface area contributed by atoms with E-state index >= 15 is 0 Å². The molecule has 0 saturated heterocycles. The molecule has 0 aliphatic heterocycles. The Morgan fingerprint density at radius 2 is 1.79 bits per heavy atom. The number of aromatic nitrogens is 5. The molecule has 2 N–H and O–H groups in total. The van der Waals surface area contributed by atoms with Gasteiger partial charge in [0.2, 0.25) is 0 Å². The van der Waals surface area contributed by atoms with Gasteiger partial charge in [-0.25, -0.2) is 4.98 Å². The fraction of sp³-hybridized carbons (Fsp3) is 0.231. The zero-order valence-electron chi connectivity index (χ0n) is 18.0. The van der Waals surface area contributed by atoms with Gasteiger partial charge in [0, 0.05) is 40.4 Å². The lowest BCUT2D eigenvalue weighted by Gasteiger charge is -2.26. The molecule has 7 heteroatoms. The van der Waals surface area contributed by atoms with Crippen molar-refractivity contribution in [2.75, 3.05) is 0 Å². The highest BCUT2D eigenvalue weighted by atomic mass is 16.4. The summed E-state index contributed by atoms with van der Waals surface area (Å²) in [5.74, 6) is -0.690. The van der Waals surface area contributed by atoms with Crippen molar-refractivity contribution in [2.24, 2.45) is 5.92 Å². The number of aromatic amines is 1. The Labute approximate surface area is 190 Å². The first-order valence-electron chi connectivity index (χ1n) is 11.3. The summed E-state index contributed by atoms with van der Waals surface area (Å²) < 4.78 is 1.85. The van der Waals surface area contributed by atoms with E-state index in [0.717, 1.165) is 57.6 Å². The predicted octanol–water partition coefficient (Wildman–Crippen LogP) is 5.30. The highest BCUT2D eigenvalue weighted by Crippen LogP contribution is 2.39. The molecular formula is C26H23N5O2. The minimum absolute atomic E-state index is 0.241. The molecule has 0 bridgehead atoms. The molecule has 33 heavy (non-hydrogen) atoms. The number of aliphatic carboxylic acids is 1. The third-order valence-corrected chi connectivity index (χ3v) is 6.79. The van der Waals surface area contributed by atoms with Crippen LogP contribution in [0.5, 0.6) is 0 Å². The lowest BCUT2D eigenvalue weighted by molar-refractivity contribution is -0.142. The zero-order chi connectivity index (χ0) is 22.4. The number of carboxylic acid groups (broad SMARTS) is 1. The van der Waals surface area contributed by atoms with Gasteiger partial charge in [-0.3, -0.25) is 9.78 Å². The van der Waals surface area contributed by atoms with E-state index in [-0.39, 0.29) is 11.8 Å². The molecule has 5 aromatic rings. The number of carbonyl (C=O) groups is 1. The van der Waals surface area contributed by atoms with E-state index in [9.17, 15) is 9.90 Å². The van der Waals surface area contributed by atoms with Crippen LogP contribution < -0.4 is 0 Å². The predicted molar refractivity (Wildman–Crippen MR) is 126 cm³/mol. The van der Waals surface area contributed by atoms with Crippen LogP contribution in [-0.4, -0.2) is 35.6 Å². The van der Waals surface area contributed by atoms with Crippen LogP contribution in [0.2, 0.25) is 0 Å². The first-order chi connectivity index (χ1) is 16.2. The van der Waals surface area contributed by atoms with Gasteiger partial charge in [0.05, 0.1) is 23.5 Å². The van der Waals surface area contributed by atoms with Crippen molar-refractivity contribution in [2.45, 2.75) is 31.6 Å². The summed E-state index contributed by atoms with van der Waals surface area (Å²) in [6.45, 7) is 0. The molecule has 0 unspecified atom stereocenters. The maximum atomic E-state index is 11.4. The fourth-order valence-corrected chi connectivity index (χ4v) is 4.99.